The first-order valence-corrected chi connectivity index (χ1v) is 12.5. The Labute approximate surface area is 225 Å². The van der Waals surface area contributed by atoms with E-state index in [9.17, 15) is 27.6 Å². The van der Waals surface area contributed by atoms with Gasteiger partial charge >= 0.3 is 12.5 Å². The second-order valence-corrected chi connectivity index (χ2v) is 9.31. The lowest BCUT2D eigenvalue weighted by molar-refractivity contribution is -0.274. The second kappa shape index (κ2) is 13.5. The van der Waals surface area contributed by atoms with Gasteiger partial charge in [-0.05, 0) is 30.0 Å². The number of nitrogens with zero attached hydrogens (tertiary/aromatic N) is 4. The molecular weight excluding hydrogens is 547 g/mol. The van der Waals surface area contributed by atoms with Crippen molar-refractivity contribution in [3.63, 3.8) is 0 Å². The molecule has 0 atom stereocenters. The van der Waals surface area contributed by atoms with Gasteiger partial charge < -0.3 is 35.1 Å². The Kier molecular flexibility index (Phi) is 10.4. The predicted octanol–water partition coefficient (Wildman–Crippen LogP) is 1.36. The number of benzene rings is 1. The van der Waals surface area contributed by atoms with Crippen molar-refractivity contribution in [3.05, 3.63) is 23.8 Å². The van der Waals surface area contributed by atoms with Gasteiger partial charge in [-0.2, -0.15) is 4.99 Å². The Bertz CT molecular complexity index is 1110. The van der Waals surface area contributed by atoms with Gasteiger partial charge in [0.15, 0.2) is 16.1 Å². The highest BCUT2D eigenvalue weighted by Gasteiger charge is 2.33. The van der Waals surface area contributed by atoms with Crippen LogP contribution in [0.15, 0.2) is 23.2 Å². The van der Waals surface area contributed by atoms with Crippen LogP contribution in [0.5, 0.6) is 5.75 Å². The lowest BCUT2D eigenvalue weighted by atomic mass is 10.1. The third-order valence-corrected chi connectivity index (χ3v) is 6.36. The molecule has 2 fully saturated rings. The van der Waals surface area contributed by atoms with Crippen molar-refractivity contribution in [1.29, 1.82) is 5.41 Å². The van der Waals surface area contributed by atoms with Gasteiger partial charge in [-0.3, -0.25) is 19.9 Å². The zero-order valence-corrected chi connectivity index (χ0v) is 21.8. The number of morpholine rings is 1. The molecule has 2 heterocycles. The van der Waals surface area contributed by atoms with E-state index < -0.39 is 30.0 Å². The standard InChI is InChI=1S/C22H28F3N7O6S/c1-36-21(35)32-6-4-31(5-7-32)20(27)39-19(26)29-18(34)14-2-3-16(38-22(23,24)25)15(12-14)28-17(33)13-30-8-10-37-11-9-30/h2-3,12,27H,4-11,13H2,1H3,(H,28,33)(H2,26,29,34). The van der Waals surface area contributed by atoms with E-state index in [1.807, 2.05) is 0 Å². The molecule has 2 aliphatic heterocycles. The van der Waals surface area contributed by atoms with Crippen molar-refractivity contribution < 1.29 is 41.8 Å². The summed E-state index contributed by atoms with van der Waals surface area (Å²) in [5, 5.41) is 10.3. The highest BCUT2D eigenvalue weighted by molar-refractivity contribution is 8.26. The predicted molar refractivity (Wildman–Crippen MR) is 136 cm³/mol. The van der Waals surface area contributed by atoms with Crippen molar-refractivity contribution in [2.24, 2.45) is 10.7 Å². The SMILES string of the molecule is COC(=O)N1CCN(C(=N)SC(N)=NC(=O)c2ccc(OC(F)(F)F)c(NC(=O)CN3CCOCC3)c2)CC1. The summed E-state index contributed by atoms with van der Waals surface area (Å²) in [6, 6.07) is 2.96. The van der Waals surface area contributed by atoms with Crippen molar-refractivity contribution in [2.45, 2.75) is 6.36 Å². The maximum Gasteiger partial charge on any atom is 0.573 e. The molecule has 3 amide bonds. The van der Waals surface area contributed by atoms with E-state index in [4.69, 9.17) is 15.9 Å². The number of halogens is 3. The maximum atomic E-state index is 12.9. The monoisotopic (exact) mass is 575 g/mol. The molecule has 0 aliphatic carbocycles. The van der Waals surface area contributed by atoms with Crippen molar-refractivity contribution in [3.8, 4) is 5.75 Å². The number of alkyl halides is 3. The van der Waals surface area contributed by atoms with Crippen LogP contribution in [-0.2, 0) is 14.3 Å². The number of carbonyl (C=O) groups excluding carboxylic acids is 3. The summed E-state index contributed by atoms with van der Waals surface area (Å²) in [6.07, 6.45) is -5.50. The van der Waals surface area contributed by atoms with Crippen molar-refractivity contribution in [2.75, 3.05) is 71.5 Å². The number of nitrogens with one attached hydrogen (secondary N) is 2. The van der Waals surface area contributed by atoms with E-state index in [1.54, 1.807) is 9.80 Å². The molecular formula is C22H28F3N7O6S. The number of hydrogen-bond donors (Lipinski definition) is 3. The topological polar surface area (TPSA) is 163 Å². The molecule has 2 aliphatic rings. The molecule has 1 aromatic rings. The molecule has 0 unspecified atom stereocenters. The minimum Gasteiger partial charge on any atom is -0.453 e. The summed E-state index contributed by atoms with van der Waals surface area (Å²) in [5.41, 5.74) is 5.31. The summed E-state index contributed by atoms with van der Waals surface area (Å²) in [6.45, 7) is 3.09. The summed E-state index contributed by atoms with van der Waals surface area (Å²) < 4.78 is 52.6. The Morgan fingerprint density at radius 2 is 1.77 bits per heavy atom. The van der Waals surface area contributed by atoms with Crippen molar-refractivity contribution in [1.82, 2.24) is 14.7 Å². The van der Waals surface area contributed by atoms with Crippen LogP contribution in [0.4, 0.5) is 23.7 Å². The molecule has 0 radical (unpaired) electrons. The van der Waals surface area contributed by atoms with E-state index >= 15 is 0 Å². The van der Waals surface area contributed by atoms with Gasteiger partial charge in [0.2, 0.25) is 5.91 Å². The van der Waals surface area contributed by atoms with Crippen molar-refractivity contribution >= 4 is 45.7 Å². The normalized spacial score (nSPS) is 17.0. The average molecular weight is 576 g/mol. The van der Waals surface area contributed by atoms with E-state index in [0.717, 1.165) is 18.2 Å². The number of amides is 3. The number of methoxy groups -OCH3 is 1. The van der Waals surface area contributed by atoms with Crippen LogP contribution in [-0.4, -0.2) is 115 Å². The molecule has 39 heavy (non-hydrogen) atoms. The lowest BCUT2D eigenvalue weighted by Gasteiger charge is -2.34. The number of rotatable bonds is 5. The third kappa shape index (κ3) is 9.29. The molecule has 4 N–H and O–H groups in total. The Morgan fingerprint density at radius 3 is 2.38 bits per heavy atom. The fraction of sp³-hybridized carbons (Fsp3) is 0.500. The first kappa shape index (κ1) is 30.0. The number of hydrogen-bond acceptors (Lipinski definition) is 9. The fourth-order valence-corrected chi connectivity index (χ4v) is 4.34. The van der Waals surface area contributed by atoms with E-state index in [-0.39, 0.29) is 28.1 Å². The van der Waals surface area contributed by atoms with E-state index in [0.29, 0.717) is 64.2 Å². The van der Waals surface area contributed by atoms with Crippen LogP contribution < -0.4 is 15.8 Å². The van der Waals surface area contributed by atoms with Crippen LogP contribution in [0.25, 0.3) is 0 Å². The number of anilines is 1. The lowest BCUT2D eigenvalue weighted by Crippen LogP contribution is -2.50. The van der Waals surface area contributed by atoms with Gasteiger partial charge in [-0.1, -0.05) is 0 Å². The van der Waals surface area contributed by atoms with E-state index in [2.05, 4.69) is 19.8 Å². The number of thioether (sulfide) groups is 1. The largest absolute Gasteiger partial charge is 0.573 e. The van der Waals surface area contributed by atoms with E-state index in [1.165, 1.54) is 12.0 Å². The summed E-state index contributed by atoms with van der Waals surface area (Å²) in [4.78, 5) is 45.4. The molecule has 0 aromatic heterocycles. The number of aliphatic imine (C=N–C) groups is 1. The van der Waals surface area contributed by atoms with Crippen LogP contribution in [0.3, 0.4) is 0 Å². The second-order valence-electron chi connectivity index (χ2n) is 8.30. The first-order chi connectivity index (χ1) is 18.4. The van der Waals surface area contributed by atoms with Crippen LogP contribution >= 0.6 is 11.8 Å². The van der Waals surface area contributed by atoms with Gasteiger partial charge in [0.05, 0.1) is 32.6 Å². The third-order valence-electron chi connectivity index (χ3n) is 5.61. The van der Waals surface area contributed by atoms with Gasteiger partial charge in [0, 0.05) is 44.8 Å². The fourth-order valence-electron chi connectivity index (χ4n) is 3.70. The number of piperazine rings is 1. The maximum absolute atomic E-state index is 12.9. The summed E-state index contributed by atoms with van der Waals surface area (Å²) in [7, 11) is 1.28. The van der Waals surface area contributed by atoms with Crippen LogP contribution in [0.1, 0.15) is 10.4 Å². The molecule has 214 valence electrons. The first-order valence-electron chi connectivity index (χ1n) is 11.7. The highest BCUT2D eigenvalue weighted by atomic mass is 32.2. The van der Waals surface area contributed by atoms with Crippen LogP contribution in [0, 0.1) is 5.41 Å². The minimum absolute atomic E-state index is 0.00134. The Morgan fingerprint density at radius 1 is 1.13 bits per heavy atom. The highest BCUT2D eigenvalue weighted by Crippen LogP contribution is 2.31. The van der Waals surface area contributed by atoms with Gasteiger partial charge in [-0.25, -0.2) is 4.79 Å². The quantitative estimate of drug-likeness (QED) is 0.345. The summed E-state index contributed by atoms with van der Waals surface area (Å²) >= 11 is 0.712. The smallest absolute Gasteiger partial charge is 0.453 e. The number of carbonyl (C=O) groups is 3. The zero-order valence-electron chi connectivity index (χ0n) is 21.0. The number of ether oxygens (including phenoxy) is 3. The van der Waals surface area contributed by atoms with Gasteiger partial charge in [-0.15, -0.1) is 13.2 Å². The molecule has 3 rings (SSSR count). The molecule has 0 bridgehead atoms. The molecule has 0 spiro atoms. The molecule has 2 saturated heterocycles. The van der Waals surface area contributed by atoms with Gasteiger partial charge in [0.1, 0.15) is 0 Å². The van der Waals surface area contributed by atoms with Gasteiger partial charge in [0.25, 0.3) is 5.91 Å². The zero-order chi connectivity index (χ0) is 28.6. The Balaban J connectivity index is 1.66. The molecule has 0 saturated carbocycles. The summed E-state index contributed by atoms with van der Waals surface area (Å²) in [5.74, 6) is -2.20. The number of amidine groups is 2. The number of nitrogens with two attached hydrogens (primary N) is 1. The average Bonchev–Trinajstić information content (AvgIpc) is 2.88. The minimum atomic E-state index is -5.03. The molecule has 1 aromatic carbocycles. The molecule has 17 heteroatoms. The molecule has 13 nitrogen and oxygen atoms in total. The van der Waals surface area contributed by atoms with Crippen LogP contribution in [0.2, 0.25) is 0 Å². The Hall–Kier alpha value is -3.57.